The molecular formula is C16H14BrCl2NO. The van der Waals surface area contributed by atoms with E-state index in [9.17, 15) is 0 Å². The van der Waals surface area contributed by atoms with Gasteiger partial charge in [-0.3, -0.25) is 0 Å². The van der Waals surface area contributed by atoms with Gasteiger partial charge in [0.25, 0.3) is 0 Å². The minimum Gasteiger partial charge on any atom is -0.492 e. The Hall–Kier alpha value is -0.900. The molecule has 2 aromatic carbocycles. The number of fused-ring (bicyclic) bond motifs is 1. The van der Waals surface area contributed by atoms with Crippen molar-refractivity contribution in [3.8, 4) is 5.75 Å². The summed E-state index contributed by atoms with van der Waals surface area (Å²) >= 11 is 15.9. The van der Waals surface area contributed by atoms with Crippen molar-refractivity contribution in [1.82, 2.24) is 0 Å². The van der Waals surface area contributed by atoms with Crippen molar-refractivity contribution in [2.75, 3.05) is 11.9 Å². The summed E-state index contributed by atoms with van der Waals surface area (Å²) in [6.07, 6.45) is 0.870. The van der Waals surface area contributed by atoms with E-state index in [1.165, 1.54) is 5.56 Å². The molecule has 0 spiro atoms. The van der Waals surface area contributed by atoms with Gasteiger partial charge >= 0.3 is 0 Å². The largest absolute Gasteiger partial charge is 0.492 e. The molecular weight excluding hydrogens is 373 g/mol. The Morgan fingerprint density at radius 3 is 2.76 bits per heavy atom. The molecule has 0 fully saturated rings. The highest BCUT2D eigenvalue weighted by molar-refractivity contribution is 9.10. The average molecular weight is 387 g/mol. The van der Waals surface area contributed by atoms with Crippen molar-refractivity contribution in [1.29, 1.82) is 0 Å². The average Bonchev–Trinajstić information content (AvgIpc) is 2.38. The first-order chi connectivity index (χ1) is 10.0. The Morgan fingerprint density at radius 2 is 2.00 bits per heavy atom. The zero-order chi connectivity index (χ0) is 15.0. The fourth-order valence-electron chi connectivity index (χ4n) is 2.60. The van der Waals surface area contributed by atoms with Crippen LogP contribution >= 0.6 is 39.1 Å². The lowest BCUT2D eigenvalue weighted by Crippen LogP contribution is -2.20. The second-order valence-corrected chi connectivity index (χ2v) is 6.92. The maximum Gasteiger partial charge on any atom is 0.143 e. The fraction of sp³-hybridized carbons (Fsp3) is 0.250. The highest BCUT2D eigenvalue weighted by Gasteiger charge is 2.24. The third kappa shape index (κ3) is 3.31. The lowest BCUT2D eigenvalue weighted by atomic mass is 10.00. The van der Waals surface area contributed by atoms with E-state index in [-0.39, 0.29) is 6.04 Å². The number of hydrogen-bond acceptors (Lipinski definition) is 2. The molecule has 1 aliphatic rings. The van der Waals surface area contributed by atoms with Crippen LogP contribution in [0.25, 0.3) is 0 Å². The topological polar surface area (TPSA) is 21.3 Å². The molecule has 110 valence electrons. The van der Waals surface area contributed by atoms with Gasteiger partial charge in [0.15, 0.2) is 0 Å². The Balaban J connectivity index is 1.95. The highest BCUT2D eigenvalue weighted by atomic mass is 79.9. The highest BCUT2D eigenvalue weighted by Crippen LogP contribution is 2.41. The molecule has 21 heavy (non-hydrogen) atoms. The van der Waals surface area contributed by atoms with Gasteiger partial charge in [-0.1, -0.05) is 39.1 Å². The van der Waals surface area contributed by atoms with Gasteiger partial charge in [-0.15, -0.1) is 0 Å². The molecule has 3 rings (SSSR count). The molecule has 1 N–H and O–H groups in total. The van der Waals surface area contributed by atoms with Crippen molar-refractivity contribution in [3.63, 3.8) is 0 Å². The van der Waals surface area contributed by atoms with E-state index in [1.807, 2.05) is 6.07 Å². The molecule has 2 nitrogen and oxygen atoms in total. The van der Waals surface area contributed by atoms with Crippen molar-refractivity contribution in [2.45, 2.75) is 19.4 Å². The van der Waals surface area contributed by atoms with Crippen LogP contribution in [0.4, 0.5) is 5.69 Å². The van der Waals surface area contributed by atoms with Gasteiger partial charge in [0.2, 0.25) is 0 Å². The molecule has 0 saturated heterocycles. The first-order valence-corrected chi connectivity index (χ1v) is 8.23. The van der Waals surface area contributed by atoms with Gasteiger partial charge < -0.3 is 10.1 Å². The number of benzene rings is 2. The number of nitrogens with one attached hydrogen (secondary N) is 1. The molecule has 0 aliphatic carbocycles. The van der Waals surface area contributed by atoms with Crippen molar-refractivity contribution < 1.29 is 4.74 Å². The summed E-state index contributed by atoms with van der Waals surface area (Å²) in [5.41, 5.74) is 3.27. The van der Waals surface area contributed by atoms with Crippen LogP contribution in [0.5, 0.6) is 5.75 Å². The zero-order valence-electron chi connectivity index (χ0n) is 11.4. The Labute approximate surface area is 142 Å². The summed E-state index contributed by atoms with van der Waals surface area (Å²) in [5, 5.41) is 4.74. The zero-order valence-corrected chi connectivity index (χ0v) is 14.5. The van der Waals surface area contributed by atoms with E-state index >= 15 is 0 Å². The summed E-state index contributed by atoms with van der Waals surface area (Å²) in [5.74, 6) is 0.733. The molecule has 1 heterocycles. The molecule has 1 unspecified atom stereocenters. The maximum absolute atomic E-state index is 6.22. The number of rotatable bonds is 2. The van der Waals surface area contributed by atoms with Gasteiger partial charge in [0.1, 0.15) is 5.75 Å². The Kier molecular flexibility index (Phi) is 4.34. The van der Waals surface area contributed by atoms with Crippen molar-refractivity contribution in [2.24, 2.45) is 0 Å². The number of ether oxygens (including phenoxy) is 1. The smallest absolute Gasteiger partial charge is 0.143 e. The van der Waals surface area contributed by atoms with Crippen LogP contribution in [-0.2, 0) is 0 Å². The first-order valence-electron chi connectivity index (χ1n) is 6.68. The number of halogens is 3. The van der Waals surface area contributed by atoms with Gasteiger partial charge in [-0.25, -0.2) is 0 Å². The molecule has 0 aromatic heterocycles. The van der Waals surface area contributed by atoms with E-state index in [0.717, 1.165) is 27.9 Å². The molecule has 0 radical (unpaired) electrons. The van der Waals surface area contributed by atoms with Gasteiger partial charge in [-0.05, 0) is 42.8 Å². The molecule has 0 bridgehead atoms. The summed E-state index contributed by atoms with van der Waals surface area (Å²) < 4.78 is 6.74. The van der Waals surface area contributed by atoms with Gasteiger partial charge in [0, 0.05) is 27.2 Å². The Morgan fingerprint density at radius 1 is 1.19 bits per heavy atom. The fourth-order valence-corrected chi connectivity index (χ4v) is 3.77. The van der Waals surface area contributed by atoms with Crippen LogP contribution in [0.15, 0.2) is 34.8 Å². The summed E-state index contributed by atoms with van der Waals surface area (Å²) in [6, 6.07) is 10.0. The number of aryl methyl sites for hydroxylation is 1. The minimum absolute atomic E-state index is 0.138. The lowest BCUT2D eigenvalue weighted by Gasteiger charge is -2.28. The number of anilines is 1. The van der Waals surface area contributed by atoms with Crippen LogP contribution in [0.1, 0.15) is 23.6 Å². The van der Waals surface area contributed by atoms with Gasteiger partial charge in [-0.2, -0.15) is 0 Å². The van der Waals surface area contributed by atoms with Crippen LogP contribution < -0.4 is 10.1 Å². The molecule has 1 atom stereocenters. The number of hydrogen-bond donors (Lipinski definition) is 1. The predicted octanol–water partition coefficient (Wildman–Crippen LogP) is 6.00. The summed E-state index contributed by atoms with van der Waals surface area (Å²) in [4.78, 5) is 0. The van der Waals surface area contributed by atoms with E-state index in [0.29, 0.717) is 16.7 Å². The predicted molar refractivity (Wildman–Crippen MR) is 91.8 cm³/mol. The monoisotopic (exact) mass is 385 g/mol. The van der Waals surface area contributed by atoms with Crippen LogP contribution in [0.2, 0.25) is 10.0 Å². The maximum atomic E-state index is 6.22. The van der Waals surface area contributed by atoms with E-state index in [2.05, 4.69) is 46.4 Å². The quantitative estimate of drug-likeness (QED) is 0.683. The van der Waals surface area contributed by atoms with E-state index in [1.54, 1.807) is 6.07 Å². The Bertz CT molecular complexity index is 670. The third-order valence-corrected chi connectivity index (χ3v) is 4.41. The molecule has 0 saturated carbocycles. The van der Waals surface area contributed by atoms with Crippen LogP contribution in [0.3, 0.4) is 0 Å². The van der Waals surface area contributed by atoms with Crippen molar-refractivity contribution in [3.05, 3.63) is 56.0 Å². The molecule has 1 aliphatic heterocycles. The summed E-state index contributed by atoms with van der Waals surface area (Å²) in [6.45, 7) is 2.71. The molecule has 2 aromatic rings. The van der Waals surface area contributed by atoms with Crippen molar-refractivity contribution >= 4 is 44.8 Å². The van der Waals surface area contributed by atoms with Gasteiger partial charge in [0.05, 0.1) is 17.7 Å². The SMILES string of the molecule is Cc1cc(Br)cc(NC2CCOc3c(Cl)cc(Cl)cc32)c1. The normalized spacial score (nSPS) is 17.0. The first kappa shape index (κ1) is 15.0. The molecule has 5 heteroatoms. The van der Waals surface area contributed by atoms with Crippen LogP contribution in [-0.4, -0.2) is 6.61 Å². The minimum atomic E-state index is 0.138. The van der Waals surface area contributed by atoms with E-state index in [4.69, 9.17) is 27.9 Å². The second kappa shape index (κ2) is 6.07. The standard InChI is InChI=1S/C16H14BrCl2NO/c1-9-4-10(17)6-12(5-9)20-15-2-3-21-16-13(15)7-11(18)8-14(16)19/h4-8,15,20H,2-3H2,1H3. The lowest BCUT2D eigenvalue weighted by molar-refractivity contribution is 0.274. The van der Waals surface area contributed by atoms with Crippen LogP contribution in [0, 0.1) is 6.92 Å². The molecule has 0 amide bonds. The summed E-state index contributed by atoms with van der Waals surface area (Å²) in [7, 11) is 0. The third-order valence-electron chi connectivity index (χ3n) is 3.45. The second-order valence-electron chi connectivity index (χ2n) is 5.16. The van der Waals surface area contributed by atoms with E-state index < -0.39 is 0 Å².